The Balaban J connectivity index is 1.28. The SMILES string of the molecule is C[C@]1(CCc2ccccc2)NC(=O)N(NC(=O)CN2CCC[C@H](C(=O)Nc3ccccc3)C2)C1=O. The van der Waals surface area contributed by atoms with Crippen LogP contribution in [0.5, 0.6) is 0 Å². The molecule has 0 spiro atoms. The van der Waals surface area contributed by atoms with Gasteiger partial charge in [-0.1, -0.05) is 48.5 Å². The number of piperidine rings is 1. The maximum Gasteiger partial charge on any atom is 0.344 e. The molecule has 2 heterocycles. The Morgan fingerprint density at radius 1 is 1.06 bits per heavy atom. The standard InChI is InChI=1S/C26H31N5O4/c1-26(15-14-19-9-4-2-5-10-19)24(34)31(25(35)28-26)29-22(32)18-30-16-8-11-20(17-30)23(33)27-21-12-6-3-7-13-21/h2-7,9-10,12-13,20H,8,11,14-18H2,1H3,(H,27,33)(H,28,35)(H,29,32)/t20-,26+/m0/s1. The Morgan fingerprint density at radius 2 is 1.74 bits per heavy atom. The smallest absolute Gasteiger partial charge is 0.326 e. The molecule has 184 valence electrons. The van der Waals surface area contributed by atoms with Crippen LogP contribution < -0.4 is 16.1 Å². The number of aryl methyl sites for hydroxylation is 1. The minimum atomic E-state index is -1.09. The zero-order valence-electron chi connectivity index (χ0n) is 19.8. The topological polar surface area (TPSA) is 111 Å². The van der Waals surface area contributed by atoms with Gasteiger partial charge in [0, 0.05) is 12.2 Å². The Kier molecular flexibility index (Phi) is 7.45. The fourth-order valence-electron chi connectivity index (χ4n) is 4.54. The minimum Gasteiger partial charge on any atom is -0.326 e. The molecule has 9 nitrogen and oxygen atoms in total. The number of hydrogen-bond donors (Lipinski definition) is 3. The number of rotatable bonds is 8. The minimum absolute atomic E-state index is 0.00704. The molecule has 2 aliphatic rings. The van der Waals surface area contributed by atoms with Crippen LogP contribution in [0.1, 0.15) is 31.7 Å². The number of hydrogen-bond acceptors (Lipinski definition) is 5. The van der Waals surface area contributed by atoms with Crippen molar-refractivity contribution in [3.05, 3.63) is 66.2 Å². The second-order valence-corrected chi connectivity index (χ2v) is 9.35. The van der Waals surface area contributed by atoms with Crippen molar-refractivity contribution in [2.75, 3.05) is 25.0 Å². The average molecular weight is 478 g/mol. The summed E-state index contributed by atoms with van der Waals surface area (Å²) in [6.45, 7) is 2.76. The summed E-state index contributed by atoms with van der Waals surface area (Å²) in [5.74, 6) is -1.27. The molecule has 2 aromatic rings. The van der Waals surface area contributed by atoms with E-state index in [4.69, 9.17) is 0 Å². The molecule has 2 saturated heterocycles. The van der Waals surface area contributed by atoms with E-state index in [-0.39, 0.29) is 18.4 Å². The van der Waals surface area contributed by atoms with E-state index in [1.807, 2.05) is 65.6 Å². The number of hydrazine groups is 1. The van der Waals surface area contributed by atoms with Crippen molar-refractivity contribution in [2.45, 2.75) is 38.1 Å². The van der Waals surface area contributed by atoms with Crippen LogP contribution in [0.2, 0.25) is 0 Å². The van der Waals surface area contributed by atoms with Crippen molar-refractivity contribution in [1.29, 1.82) is 0 Å². The van der Waals surface area contributed by atoms with Gasteiger partial charge >= 0.3 is 6.03 Å². The van der Waals surface area contributed by atoms with Crippen LogP contribution in [-0.2, 0) is 20.8 Å². The van der Waals surface area contributed by atoms with Crippen LogP contribution in [0.4, 0.5) is 10.5 Å². The molecule has 2 aliphatic heterocycles. The van der Waals surface area contributed by atoms with Crippen molar-refractivity contribution in [2.24, 2.45) is 5.92 Å². The zero-order chi connectivity index (χ0) is 24.8. The van der Waals surface area contributed by atoms with Gasteiger partial charge in [0.15, 0.2) is 0 Å². The van der Waals surface area contributed by atoms with Crippen molar-refractivity contribution in [3.8, 4) is 0 Å². The molecule has 0 bridgehead atoms. The summed E-state index contributed by atoms with van der Waals surface area (Å²) in [5, 5.41) is 6.40. The van der Waals surface area contributed by atoms with Crippen molar-refractivity contribution in [1.82, 2.24) is 20.7 Å². The Labute approximate surface area is 204 Å². The van der Waals surface area contributed by atoms with Crippen LogP contribution in [0.3, 0.4) is 0 Å². The van der Waals surface area contributed by atoms with Gasteiger partial charge in [-0.2, -0.15) is 5.01 Å². The van der Waals surface area contributed by atoms with Gasteiger partial charge < -0.3 is 10.6 Å². The molecule has 9 heteroatoms. The predicted molar refractivity (Wildman–Crippen MR) is 131 cm³/mol. The van der Waals surface area contributed by atoms with Crippen LogP contribution in [0.15, 0.2) is 60.7 Å². The molecule has 3 N–H and O–H groups in total. The molecule has 2 aromatic carbocycles. The average Bonchev–Trinajstić information content (AvgIpc) is 3.07. The summed E-state index contributed by atoms with van der Waals surface area (Å²) in [7, 11) is 0. The first-order valence-electron chi connectivity index (χ1n) is 11.9. The second kappa shape index (κ2) is 10.7. The number of nitrogens with zero attached hydrogens (tertiary/aromatic N) is 2. The third kappa shape index (κ3) is 6.05. The van der Waals surface area contributed by atoms with Crippen LogP contribution in [-0.4, -0.2) is 58.8 Å². The van der Waals surface area contributed by atoms with Crippen LogP contribution in [0.25, 0.3) is 0 Å². The highest BCUT2D eigenvalue weighted by atomic mass is 16.2. The van der Waals surface area contributed by atoms with Gasteiger partial charge in [0.05, 0.1) is 12.5 Å². The highest BCUT2D eigenvalue weighted by molar-refractivity contribution is 6.07. The normalized spacial score (nSPS) is 22.5. The monoisotopic (exact) mass is 477 g/mol. The molecule has 0 unspecified atom stereocenters. The fourth-order valence-corrected chi connectivity index (χ4v) is 4.54. The highest BCUT2D eigenvalue weighted by Crippen LogP contribution is 2.23. The number of carbonyl (C=O) groups excluding carboxylic acids is 4. The Hall–Kier alpha value is -3.72. The van der Waals surface area contributed by atoms with E-state index in [1.165, 1.54) is 0 Å². The van der Waals surface area contributed by atoms with Crippen molar-refractivity contribution in [3.63, 3.8) is 0 Å². The number of anilines is 1. The quantitative estimate of drug-likeness (QED) is 0.506. The molecular formula is C26H31N5O4. The van der Waals surface area contributed by atoms with Gasteiger partial charge in [0.25, 0.3) is 11.8 Å². The summed E-state index contributed by atoms with van der Waals surface area (Å²) in [6, 6.07) is 18.3. The third-order valence-corrected chi connectivity index (χ3v) is 6.54. The van der Waals surface area contributed by atoms with E-state index in [0.717, 1.165) is 29.1 Å². The van der Waals surface area contributed by atoms with Crippen LogP contribution >= 0.6 is 0 Å². The maximum atomic E-state index is 13.0. The van der Waals surface area contributed by atoms with E-state index < -0.39 is 23.4 Å². The van der Waals surface area contributed by atoms with E-state index in [2.05, 4.69) is 16.1 Å². The fraction of sp³-hybridized carbons (Fsp3) is 0.385. The van der Waals surface area contributed by atoms with Gasteiger partial charge in [0.1, 0.15) is 5.54 Å². The third-order valence-electron chi connectivity index (χ3n) is 6.54. The van der Waals surface area contributed by atoms with E-state index in [9.17, 15) is 19.2 Å². The largest absolute Gasteiger partial charge is 0.344 e. The number of benzene rings is 2. The summed E-state index contributed by atoms with van der Waals surface area (Å²) < 4.78 is 0. The number of carbonyl (C=O) groups is 4. The molecule has 4 rings (SSSR count). The number of amides is 5. The molecule has 0 aromatic heterocycles. The lowest BCUT2D eigenvalue weighted by molar-refractivity contribution is -0.139. The number of imide groups is 1. The summed E-state index contributed by atoms with van der Waals surface area (Å²) in [5.41, 5.74) is 3.16. The van der Waals surface area contributed by atoms with Gasteiger partial charge in [-0.15, -0.1) is 0 Å². The molecule has 2 atom stereocenters. The number of likely N-dealkylation sites (tertiary alicyclic amines) is 1. The predicted octanol–water partition coefficient (Wildman–Crippen LogP) is 2.31. The van der Waals surface area contributed by atoms with Gasteiger partial charge in [0.2, 0.25) is 5.91 Å². The van der Waals surface area contributed by atoms with E-state index >= 15 is 0 Å². The second-order valence-electron chi connectivity index (χ2n) is 9.35. The van der Waals surface area contributed by atoms with E-state index in [0.29, 0.717) is 25.9 Å². The molecule has 0 aliphatic carbocycles. The molecular weight excluding hydrogens is 446 g/mol. The summed E-state index contributed by atoms with van der Waals surface area (Å²) in [4.78, 5) is 52.7. The Bertz CT molecular complexity index is 1080. The maximum absolute atomic E-state index is 13.0. The lowest BCUT2D eigenvalue weighted by atomic mass is 9.93. The first-order valence-corrected chi connectivity index (χ1v) is 11.9. The summed E-state index contributed by atoms with van der Waals surface area (Å²) in [6.07, 6.45) is 2.55. The molecule has 5 amide bonds. The highest BCUT2D eigenvalue weighted by Gasteiger charge is 2.48. The lowest BCUT2D eigenvalue weighted by Gasteiger charge is -2.31. The van der Waals surface area contributed by atoms with Crippen molar-refractivity contribution < 1.29 is 19.2 Å². The molecule has 35 heavy (non-hydrogen) atoms. The van der Waals surface area contributed by atoms with Gasteiger partial charge in [-0.3, -0.25) is 24.7 Å². The van der Waals surface area contributed by atoms with E-state index in [1.54, 1.807) is 6.92 Å². The molecule has 0 radical (unpaired) electrons. The first kappa shape index (κ1) is 24.4. The number of urea groups is 1. The van der Waals surface area contributed by atoms with Gasteiger partial charge in [-0.25, -0.2) is 4.79 Å². The number of nitrogens with one attached hydrogen (secondary N) is 3. The first-order chi connectivity index (χ1) is 16.8. The number of para-hydroxylation sites is 1. The summed E-state index contributed by atoms with van der Waals surface area (Å²) >= 11 is 0. The molecule has 0 saturated carbocycles. The lowest BCUT2D eigenvalue weighted by Crippen LogP contribution is -2.52. The van der Waals surface area contributed by atoms with Crippen molar-refractivity contribution >= 4 is 29.4 Å². The Morgan fingerprint density at radius 3 is 2.46 bits per heavy atom. The molecule has 2 fully saturated rings. The van der Waals surface area contributed by atoms with Crippen LogP contribution in [0, 0.1) is 5.92 Å². The zero-order valence-corrected chi connectivity index (χ0v) is 19.8. The van der Waals surface area contributed by atoms with Gasteiger partial charge in [-0.05, 0) is 56.8 Å².